The smallest absolute Gasteiger partial charge is 0.261 e. The third-order valence-corrected chi connectivity index (χ3v) is 6.15. The SMILES string of the molecule is CCc1ccc(C2=C[C@H](c3ccccc3Cl)n3ncc(C(=O)Nc4ccccc4)c3N2)cc1. The molecule has 2 heterocycles. The molecule has 0 saturated heterocycles. The van der Waals surface area contributed by atoms with Crippen LogP contribution in [0.5, 0.6) is 0 Å². The number of halogens is 1. The minimum absolute atomic E-state index is 0.226. The Morgan fingerprint density at radius 1 is 1.03 bits per heavy atom. The van der Waals surface area contributed by atoms with Gasteiger partial charge in [0, 0.05) is 16.4 Å². The van der Waals surface area contributed by atoms with E-state index in [9.17, 15) is 4.79 Å². The number of hydrogen-bond acceptors (Lipinski definition) is 3. The lowest BCUT2D eigenvalue weighted by Gasteiger charge is -2.27. The lowest BCUT2D eigenvalue weighted by Crippen LogP contribution is -2.22. The Labute approximate surface area is 197 Å². The fourth-order valence-corrected chi connectivity index (χ4v) is 4.25. The van der Waals surface area contributed by atoms with Crippen LogP contribution < -0.4 is 10.6 Å². The number of nitrogens with one attached hydrogen (secondary N) is 2. The number of benzene rings is 3. The lowest BCUT2D eigenvalue weighted by atomic mass is 10.00. The third-order valence-electron chi connectivity index (χ3n) is 5.81. The van der Waals surface area contributed by atoms with E-state index < -0.39 is 0 Å². The largest absolute Gasteiger partial charge is 0.339 e. The molecule has 1 atom stereocenters. The van der Waals surface area contributed by atoms with Crippen molar-refractivity contribution >= 4 is 34.7 Å². The minimum Gasteiger partial charge on any atom is -0.339 e. The van der Waals surface area contributed by atoms with Crippen LogP contribution >= 0.6 is 11.6 Å². The van der Waals surface area contributed by atoms with E-state index in [0.29, 0.717) is 16.4 Å². The Morgan fingerprint density at radius 2 is 1.76 bits per heavy atom. The van der Waals surface area contributed by atoms with Gasteiger partial charge < -0.3 is 10.6 Å². The van der Waals surface area contributed by atoms with Crippen LogP contribution in [0, 0.1) is 0 Å². The van der Waals surface area contributed by atoms with Crippen molar-refractivity contribution < 1.29 is 4.79 Å². The summed E-state index contributed by atoms with van der Waals surface area (Å²) in [6, 6.07) is 25.3. The number of fused-ring (bicyclic) bond motifs is 1. The van der Waals surface area contributed by atoms with Gasteiger partial charge in [0.15, 0.2) is 0 Å². The first-order valence-electron chi connectivity index (χ1n) is 10.9. The number of rotatable bonds is 5. The van der Waals surface area contributed by atoms with Crippen LogP contribution in [0.25, 0.3) is 5.70 Å². The molecule has 0 aliphatic carbocycles. The average molecular weight is 455 g/mol. The zero-order valence-corrected chi connectivity index (χ0v) is 18.9. The Kier molecular flexibility index (Phi) is 5.71. The fraction of sp³-hybridized carbons (Fsp3) is 0.111. The van der Waals surface area contributed by atoms with Crippen molar-refractivity contribution in [2.45, 2.75) is 19.4 Å². The number of amides is 1. The van der Waals surface area contributed by atoms with Gasteiger partial charge in [0.25, 0.3) is 5.91 Å². The van der Waals surface area contributed by atoms with E-state index in [1.54, 1.807) is 6.20 Å². The second-order valence-electron chi connectivity index (χ2n) is 7.89. The number of carbonyl (C=O) groups excluding carboxylic acids is 1. The van der Waals surface area contributed by atoms with E-state index in [1.165, 1.54) is 5.56 Å². The van der Waals surface area contributed by atoms with Crippen molar-refractivity contribution in [3.8, 4) is 0 Å². The normalized spacial score (nSPS) is 14.7. The van der Waals surface area contributed by atoms with E-state index in [0.717, 1.165) is 28.9 Å². The van der Waals surface area contributed by atoms with Crippen LogP contribution in [0.3, 0.4) is 0 Å². The van der Waals surface area contributed by atoms with Crippen LogP contribution in [0.15, 0.2) is 91.1 Å². The molecular weight excluding hydrogens is 432 g/mol. The highest BCUT2D eigenvalue weighted by atomic mass is 35.5. The van der Waals surface area contributed by atoms with Crippen LogP contribution in [0.4, 0.5) is 11.5 Å². The molecule has 0 bridgehead atoms. The molecule has 3 aromatic carbocycles. The van der Waals surface area contributed by atoms with E-state index in [2.05, 4.69) is 53.0 Å². The highest BCUT2D eigenvalue weighted by Crippen LogP contribution is 2.37. The standard InChI is InChI=1S/C27H23ClN4O/c1-2-18-12-14-19(15-13-18)24-16-25(21-10-6-7-11-23(21)28)32-26(31-24)22(17-29-32)27(33)30-20-8-4-3-5-9-20/h3-17,25,31H,2H2,1H3,(H,30,33)/t25-/m1/s1. The maximum Gasteiger partial charge on any atom is 0.261 e. The summed E-state index contributed by atoms with van der Waals surface area (Å²) in [4.78, 5) is 13.1. The Balaban J connectivity index is 1.57. The summed E-state index contributed by atoms with van der Waals surface area (Å²) in [7, 11) is 0. The average Bonchev–Trinajstić information content (AvgIpc) is 3.29. The number of anilines is 2. The van der Waals surface area contributed by atoms with E-state index in [-0.39, 0.29) is 11.9 Å². The van der Waals surface area contributed by atoms with Crippen LogP contribution in [0.1, 0.15) is 40.0 Å². The summed E-state index contributed by atoms with van der Waals surface area (Å²) in [6.45, 7) is 2.14. The molecule has 1 amide bonds. The third kappa shape index (κ3) is 4.15. The van der Waals surface area contributed by atoms with Crippen molar-refractivity contribution in [2.24, 2.45) is 0 Å². The second kappa shape index (κ2) is 8.96. The number of para-hydroxylation sites is 1. The van der Waals surface area contributed by atoms with Gasteiger partial charge in [-0.25, -0.2) is 4.68 Å². The summed E-state index contributed by atoms with van der Waals surface area (Å²) >= 11 is 6.56. The van der Waals surface area contributed by atoms with Gasteiger partial charge in [-0.2, -0.15) is 5.10 Å². The van der Waals surface area contributed by atoms with Gasteiger partial charge in [-0.05, 0) is 47.4 Å². The molecule has 5 rings (SSSR count). The van der Waals surface area contributed by atoms with Gasteiger partial charge in [0.2, 0.25) is 0 Å². The molecule has 4 aromatic rings. The van der Waals surface area contributed by atoms with Crippen molar-refractivity contribution in [3.63, 3.8) is 0 Å². The first kappa shape index (κ1) is 21.0. The molecule has 0 unspecified atom stereocenters. The number of aryl methyl sites for hydroxylation is 1. The molecule has 0 saturated carbocycles. The summed E-state index contributed by atoms with van der Waals surface area (Å²) in [5.74, 6) is 0.404. The summed E-state index contributed by atoms with van der Waals surface area (Å²) in [5, 5.41) is 11.6. The van der Waals surface area contributed by atoms with Crippen molar-refractivity contribution in [1.82, 2.24) is 9.78 Å². The lowest BCUT2D eigenvalue weighted by molar-refractivity contribution is 0.102. The van der Waals surface area contributed by atoms with Gasteiger partial charge in [0.1, 0.15) is 17.4 Å². The first-order chi connectivity index (χ1) is 16.1. The Morgan fingerprint density at radius 3 is 2.48 bits per heavy atom. The van der Waals surface area contributed by atoms with Gasteiger partial charge in [-0.3, -0.25) is 4.79 Å². The van der Waals surface area contributed by atoms with Crippen LogP contribution in [-0.4, -0.2) is 15.7 Å². The van der Waals surface area contributed by atoms with Crippen molar-refractivity contribution in [3.05, 3.63) is 118 Å². The molecule has 0 spiro atoms. The molecule has 6 heteroatoms. The topological polar surface area (TPSA) is 59.0 Å². The molecule has 0 fully saturated rings. The molecular formula is C27H23ClN4O. The molecule has 1 aliphatic rings. The molecule has 1 aliphatic heterocycles. The fourth-order valence-electron chi connectivity index (χ4n) is 4.01. The molecule has 2 N–H and O–H groups in total. The summed E-state index contributed by atoms with van der Waals surface area (Å²) in [6.07, 6.45) is 4.67. The summed E-state index contributed by atoms with van der Waals surface area (Å²) in [5.41, 5.74) is 5.32. The Bertz CT molecular complexity index is 1330. The quantitative estimate of drug-likeness (QED) is 0.366. The zero-order valence-electron chi connectivity index (χ0n) is 18.1. The predicted octanol–water partition coefficient (Wildman–Crippen LogP) is 6.41. The van der Waals surface area contributed by atoms with Crippen molar-refractivity contribution in [1.29, 1.82) is 0 Å². The first-order valence-corrected chi connectivity index (χ1v) is 11.3. The van der Waals surface area contributed by atoms with Crippen LogP contribution in [-0.2, 0) is 6.42 Å². The van der Waals surface area contributed by atoms with Gasteiger partial charge in [-0.1, -0.05) is 79.2 Å². The molecule has 164 valence electrons. The molecule has 1 aromatic heterocycles. The molecule has 33 heavy (non-hydrogen) atoms. The van der Waals surface area contributed by atoms with E-state index >= 15 is 0 Å². The van der Waals surface area contributed by atoms with Gasteiger partial charge in [-0.15, -0.1) is 0 Å². The second-order valence-corrected chi connectivity index (χ2v) is 8.30. The number of carbonyl (C=O) groups is 1. The predicted molar refractivity (Wildman–Crippen MR) is 134 cm³/mol. The zero-order chi connectivity index (χ0) is 22.8. The highest BCUT2D eigenvalue weighted by Gasteiger charge is 2.28. The van der Waals surface area contributed by atoms with Gasteiger partial charge in [0.05, 0.1) is 6.20 Å². The number of hydrogen-bond donors (Lipinski definition) is 2. The molecule has 0 radical (unpaired) electrons. The van der Waals surface area contributed by atoms with Gasteiger partial charge >= 0.3 is 0 Å². The van der Waals surface area contributed by atoms with E-state index in [1.807, 2.05) is 59.3 Å². The van der Waals surface area contributed by atoms with Crippen LogP contribution in [0.2, 0.25) is 5.02 Å². The maximum atomic E-state index is 13.1. The van der Waals surface area contributed by atoms with E-state index in [4.69, 9.17) is 11.6 Å². The molecule has 5 nitrogen and oxygen atoms in total. The Hall–Kier alpha value is -3.83. The summed E-state index contributed by atoms with van der Waals surface area (Å²) < 4.78 is 1.81. The number of nitrogens with zero attached hydrogens (tertiary/aromatic N) is 2. The minimum atomic E-state index is -0.255. The van der Waals surface area contributed by atoms with Crippen molar-refractivity contribution in [2.75, 3.05) is 10.6 Å². The monoisotopic (exact) mass is 454 g/mol. The number of aromatic nitrogens is 2. The number of allylic oxidation sites excluding steroid dienone is 1. The highest BCUT2D eigenvalue weighted by molar-refractivity contribution is 6.31. The maximum absolute atomic E-state index is 13.1.